The van der Waals surface area contributed by atoms with Crippen LogP contribution in [0.1, 0.15) is 43.2 Å². The van der Waals surface area contributed by atoms with Gasteiger partial charge in [0, 0.05) is 5.56 Å². The van der Waals surface area contributed by atoms with Crippen molar-refractivity contribution in [3.8, 4) is 0 Å². The molecule has 2 heterocycles. The van der Waals surface area contributed by atoms with E-state index in [1.807, 2.05) is 0 Å². The van der Waals surface area contributed by atoms with Gasteiger partial charge in [-0.05, 0) is 43.9 Å². The van der Waals surface area contributed by atoms with Gasteiger partial charge in [0.25, 0.3) is 0 Å². The van der Waals surface area contributed by atoms with Gasteiger partial charge in [-0.1, -0.05) is 6.42 Å². The zero-order chi connectivity index (χ0) is 17.0. The Hall–Kier alpha value is -1.15. The van der Waals surface area contributed by atoms with Crippen LogP contribution in [0, 0.1) is 5.82 Å². The molecule has 2 atom stereocenters. The van der Waals surface area contributed by atoms with Gasteiger partial charge in [0.05, 0.1) is 21.7 Å². The van der Waals surface area contributed by atoms with Gasteiger partial charge in [-0.15, -0.1) is 0 Å². The number of benzene rings is 1. The number of fused-ring (bicyclic) bond motifs is 2. The number of rotatable bonds is 1. The van der Waals surface area contributed by atoms with Gasteiger partial charge < -0.3 is 5.11 Å². The summed E-state index contributed by atoms with van der Waals surface area (Å²) < 4.78 is 77.1. The minimum atomic E-state index is -4.66. The highest BCUT2D eigenvalue weighted by atomic mass is 32.2. The van der Waals surface area contributed by atoms with Crippen molar-refractivity contribution in [2.75, 3.05) is 0 Å². The minimum absolute atomic E-state index is 0.260. The van der Waals surface area contributed by atoms with E-state index < -0.39 is 49.1 Å². The molecule has 1 N–H and O–H groups in total. The van der Waals surface area contributed by atoms with Crippen molar-refractivity contribution in [1.82, 2.24) is 0 Å². The number of hydrogen-bond donors (Lipinski definition) is 1. The molecule has 0 aromatic heterocycles. The molecule has 128 valence electrons. The second-order valence-corrected chi connectivity index (χ2v) is 8.91. The van der Waals surface area contributed by atoms with E-state index in [1.54, 1.807) is 0 Å². The van der Waals surface area contributed by atoms with Gasteiger partial charge in [0.2, 0.25) is 0 Å². The van der Waals surface area contributed by atoms with Crippen LogP contribution in [0.5, 0.6) is 0 Å². The first-order chi connectivity index (χ1) is 10.5. The molecule has 0 aliphatic carbocycles. The van der Waals surface area contributed by atoms with Crippen LogP contribution in [-0.4, -0.2) is 24.0 Å². The Labute approximate surface area is 131 Å². The van der Waals surface area contributed by atoms with Crippen molar-refractivity contribution in [3.05, 3.63) is 35.1 Å². The van der Waals surface area contributed by atoms with Crippen LogP contribution >= 0.6 is 0 Å². The van der Waals surface area contributed by atoms with Gasteiger partial charge in [-0.25, -0.2) is 12.8 Å². The molecule has 1 aromatic carbocycles. The fourth-order valence-corrected chi connectivity index (χ4v) is 6.28. The van der Waals surface area contributed by atoms with Gasteiger partial charge >= 0.3 is 6.18 Å². The number of halogens is 4. The summed E-state index contributed by atoms with van der Waals surface area (Å²) in [5.74, 6) is -0.946. The molecule has 2 bridgehead atoms. The molecule has 2 aliphatic heterocycles. The molecule has 2 unspecified atom stereocenters. The van der Waals surface area contributed by atoms with Crippen molar-refractivity contribution in [3.63, 3.8) is 0 Å². The van der Waals surface area contributed by atoms with Gasteiger partial charge in [0.1, 0.15) is 5.82 Å². The lowest BCUT2D eigenvalue weighted by Gasteiger charge is -2.44. The lowest BCUT2D eigenvalue weighted by atomic mass is 9.80. The van der Waals surface area contributed by atoms with E-state index in [2.05, 4.69) is 0 Å². The van der Waals surface area contributed by atoms with Gasteiger partial charge in [0.15, 0.2) is 9.84 Å². The Morgan fingerprint density at radius 1 is 1.13 bits per heavy atom. The smallest absolute Gasteiger partial charge is 0.385 e. The highest BCUT2D eigenvalue weighted by molar-refractivity contribution is 7.92. The topological polar surface area (TPSA) is 54.4 Å². The van der Waals surface area contributed by atoms with Crippen molar-refractivity contribution >= 4 is 9.84 Å². The maximum absolute atomic E-state index is 14.1. The van der Waals surface area contributed by atoms with Crippen LogP contribution in [0.4, 0.5) is 17.6 Å². The number of alkyl halides is 3. The molecular weight excluding hydrogens is 336 g/mol. The Balaban J connectivity index is 2.05. The highest BCUT2D eigenvalue weighted by Gasteiger charge is 2.52. The fourth-order valence-electron chi connectivity index (χ4n) is 3.73. The molecule has 23 heavy (non-hydrogen) atoms. The molecule has 2 fully saturated rings. The third kappa shape index (κ3) is 2.76. The van der Waals surface area contributed by atoms with Gasteiger partial charge in [-0.3, -0.25) is 0 Å². The van der Waals surface area contributed by atoms with Crippen molar-refractivity contribution in [2.45, 2.75) is 54.4 Å². The standard InChI is InChI=1S/C15H16F4O3S/c16-13-5-4-9(15(17,18)19)6-12(13)14(20)7-10-2-1-3-11(8-14)23(10,21)22/h4-6,10-11,20H,1-3,7-8H2. The SMILES string of the molecule is O=S1(=O)C2CCCC1CC(O)(c1cc(C(F)(F)F)ccc1F)C2. The average Bonchev–Trinajstić information content (AvgIpc) is 2.40. The van der Waals surface area contributed by atoms with Crippen LogP contribution in [0.3, 0.4) is 0 Å². The second kappa shape index (κ2) is 5.17. The summed E-state index contributed by atoms with van der Waals surface area (Å²) in [6.07, 6.45) is -3.79. The van der Waals surface area contributed by atoms with E-state index in [1.165, 1.54) is 0 Å². The summed E-state index contributed by atoms with van der Waals surface area (Å²) in [6, 6.07) is 1.89. The molecule has 8 heteroatoms. The quantitative estimate of drug-likeness (QED) is 0.790. The molecule has 0 spiro atoms. The summed E-state index contributed by atoms with van der Waals surface area (Å²) in [5.41, 5.74) is -3.40. The molecule has 0 amide bonds. The van der Waals surface area contributed by atoms with E-state index in [0.29, 0.717) is 37.5 Å². The predicted molar refractivity (Wildman–Crippen MR) is 74.9 cm³/mol. The normalized spacial score (nSPS) is 33.4. The van der Waals surface area contributed by atoms with E-state index in [-0.39, 0.29) is 12.8 Å². The van der Waals surface area contributed by atoms with E-state index in [4.69, 9.17) is 0 Å². The van der Waals surface area contributed by atoms with Crippen LogP contribution in [0.15, 0.2) is 18.2 Å². The first-order valence-electron chi connectivity index (χ1n) is 7.36. The van der Waals surface area contributed by atoms with Crippen molar-refractivity contribution < 1.29 is 31.1 Å². The summed E-state index contributed by atoms with van der Waals surface area (Å²) >= 11 is 0. The molecule has 2 saturated heterocycles. The Kier molecular flexibility index (Phi) is 3.76. The van der Waals surface area contributed by atoms with E-state index in [9.17, 15) is 31.1 Å². The van der Waals surface area contributed by atoms with Gasteiger partial charge in [-0.2, -0.15) is 13.2 Å². The van der Waals surface area contributed by atoms with Crippen LogP contribution < -0.4 is 0 Å². The molecule has 2 aliphatic rings. The molecular formula is C15H16F4O3S. The van der Waals surface area contributed by atoms with Crippen LogP contribution in [-0.2, 0) is 21.6 Å². The Morgan fingerprint density at radius 2 is 1.70 bits per heavy atom. The predicted octanol–water partition coefficient (Wildman–Crippen LogP) is 3.16. The summed E-state index contributed by atoms with van der Waals surface area (Å²) in [6.45, 7) is 0. The largest absolute Gasteiger partial charge is 0.416 e. The lowest BCUT2D eigenvalue weighted by molar-refractivity contribution is -0.137. The van der Waals surface area contributed by atoms with Crippen LogP contribution in [0.2, 0.25) is 0 Å². The zero-order valence-electron chi connectivity index (χ0n) is 12.1. The molecule has 0 saturated carbocycles. The monoisotopic (exact) mass is 352 g/mol. The minimum Gasteiger partial charge on any atom is -0.385 e. The summed E-state index contributed by atoms with van der Waals surface area (Å²) in [5, 5.41) is 9.13. The van der Waals surface area contributed by atoms with E-state index >= 15 is 0 Å². The maximum Gasteiger partial charge on any atom is 0.416 e. The lowest BCUT2D eigenvalue weighted by Crippen LogP contribution is -2.50. The number of sulfone groups is 1. The Morgan fingerprint density at radius 3 is 2.22 bits per heavy atom. The third-order valence-electron chi connectivity index (χ3n) is 4.91. The highest BCUT2D eigenvalue weighted by Crippen LogP contribution is 2.47. The first kappa shape index (κ1) is 16.7. The van der Waals surface area contributed by atoms with Crippen molar-refractivity contribution in [2.24, 2.45) is 0 Å². The van der Waals surface area contributed by atoms with E-state index in [0.717, 1.165) is 0 Å². The third-order valence-corrected chi connectivity index (χ3v) is 7.57. The maximum atomic E-state index is 14.1. The zero-order valence-corrected chi connectivity index (χ0v) is 12.9. The first-order valence-corrected chi connectivity index (χ1v) is 8.97. The number of hydrogen-bond acceptors (Lipinski definition) is 3. The fraction of sp³-hybridized carbons (Fsp3) is 0.600. The Bertz CT molecular complexity index is 707. The average molecular weight is 352 g/mol. The molecule has 3 nitrogen and oxygen atoms in total. The second-order valence-electron chi connectivity index (χ2n) is 6.40. The molecule has 0 radical (unpaired) electrons. The summed E-state index contributed by atoms with van der Waals surface area (Å²) in [4.78, 5) is 0. The number of aliphatic hydroxyl groups is 1. The molecule has 1 aromatic rings. The van der Waals surface area contributed by atoms with Crippen molar-refractivity contribution in [1.29, 1.82) is 0 Å². The molecule has 3 rings (SSSR count). The summed E-state index contributed by atoms with van der Waals surface area (Å²) in [7, 11) is -3.40. The van der Waals surface area contributed by atoms with Crippen LogP contribution in [0.25, 0.3) is 0 Å².